The molecule has 2 aromatic heterocycles. The van der Waals surface area contributed by atoms with E-state index < -0.39 is 0 Å². The zero-order valence-electron chi connectivity index (χ0n) is 17.3. The lowest BCUT2D eigenvalue weighted by molar-refractivity contribution is 0.0633. The van der Waals surface area contributed by atoms with Crippen molar-refractivity contribution >= 4 is 5.91 Å². The third-order valence-corrected chi connectivity index (χ3v) is 6.39. The number of hydrogen-bond donors (Lipinski definition) is 0. The van der Waals surface area contributed by atoms with Crippen LogP contribution < -0.4 is 4.74 Å². The second-order valence-electron chi connectivity index (χ2n) is 8.25. The van der Waals surface area contributed by atoms with E-state index >= 15 is 0 Å². The number of ether oxygens (including phenoxy) is 1. The molecule has 1 aliphatic heterocycles. The number of fused-ring (bicyclic) bond motifs is 2. The molecule has 1 fully saturated rings. The fraction of sp³-hybridized carbons (Fsp3) is 0.391. The predicted molar refractivity (Wildman–Crippen MR) is 112 cm³/mol. The van der Waals surface area contributed by atoms with E-state index in [4.69, 9.17) is 9.72 Å². The highest BCUT2D eigenvalue weighted by atomic mass is 16.5. The first kappa shape index (κ1) is 18.8. The summed E-state index contributed by atoms with van der Waals surface area (Å²) >= 11 is 0. The monoisotopic (exact) mass is 403 g/mol. The molecule has 154 valence electrons. The smallest absolute Gasteiger partial charge is 0.257 e. The van der Waals surface area contributed by atoms with Crippen LogP contribution in [-0.2, 0) is 11.8 Å². The molecule has 7 nitrogen and oxygen atoms in total. The molecule has 1 saturated heterocycles. The Morgan fingerprint density at radius 3 is 2.93 bits per heavy atom. The average Bonchev–Trinajstić information content (AvgIpc) is 3.39. The number of methoxy groups -OCH3 is 1. The van der Waals surface area contributed by atoms with Crippen LogP contribution in [0.2, 0.25) is 0 Å². The molecule has 1 unspecified atom stereocenters. The number of piperidine rings is 1. The van der Waals surface area contributed by atoms with Gasteiger partial charge in [-0.25, -0.2) is 14.6 Å². The number of nitrogens with zero attached hydrogens (tertiary/aromatic N) is 5. The van der Waals surface area contributed by atoms with Gasteiger partial charge in [0.1, 0.15) is 17.3 Å². The Morgan fingerprint density at radius 1 is 1.20 bits per heavy atom. The molecule has 1 aliphatic carbocycles. The van der Waals surface area contributed by atoms with Crippen LogP contribution in [-0.4, -0.2) is 50.8 Å². The maximum Gasteiger partial charge on any atom is 0.257 e. The van der Waals surface area contributed by atoms with E-state index in [1.807, 2.05) is 42.3 Å². The van der Waals surface area contributed by atoms with Gasteiger partial charge >= 0.3 is 0 Å². The Balaban J connectivity index is 1.41. The number of carbonyl (C=O) groups is 1. The molecular formula is C23H25N5O2. The van der Waals surface area contributed by atoms with Gasteiger partial charge in [0.05, 0.1) is 24.6 Å². The van der Waals surface area contributed by atoms with Gasteiger partial charge in [0.15, 0.2) is 0 Å². The lowest BCUT2D eigenvalue weighted by Gasteiger charge is -2.40. The number of aryl methyl sites for hydroxylation is 2. The van der Waals surface area contributed by atoms with Crippen molar-refractivity contribution in [2.75, 3.05) is 20.2 Å². The number of benzene rings is 1. The normalized spacial score (nSPS) is 20.4. The minimum atomic E-state index is -0.0460. The van der Waals surface area contributed by atoms with Crippen molar-refractivity contribution < 1.29 is 9.53 Å². The van der Waals surface area contributed by atoms with Crippen LogP contribution in [0, 0.1) is 6.92 Å². The Hall–Kier alpha value is -3.22. The topological polar surface area (TPSA) is 73.1 Å². The fourth-order valence-electron chi connectivity index (χ4n) is 4.90. The van der Waals surface area contributed by atoms with Crippen molar-refractivity contribution in [1.82, 2.24) is 24.6 Å². The number of rotatable bonds is 3. The van der Waals surface area contributed by atoms with Gasteiger partial charge in [0, 0.05) is 30.9 Å². The van der Waals surface area contributed by atoms with Gasteiger partial charge < -0.3 is 9.64 Å². The molecule has 3 heterocycles. The van der Waals surface area contributed by atoms with Crippen LogP contribution in [0.4, 0.5) is 0 Å². The first-order valence-electron chi connectivity index (χ1n) is 10.4. The number of carbonyl (C=O) groups excluding carboxylic acids is 1. The van der Waals surface area contributed by atoms with E-state index in [0.717, 1.165) is 49.4 Å². The van der Waals surface area contributed by atoms with Crippen molar-refractivity contribution in [1.29, 1.82) is 0 Å². The molecular weight excluding hydrogens is 378 g/mol. The number of likely N-dealkylation sites (tertiary alicyclic amines) is 1. The summed E-state index contributed by atoms with van der Waals surface area (Å²) in [4.78, 5) is 24.4. The molecule has 30 heavy (non-hydrogen) atoms. The van der Waals surface area contributed by atoms with E-state index in [2.05, 4.69) is 10.1 Å². The van der Waals surface area contributed by atoms with Gasteiger partial charge in [-0.3, -0.25) is 4.79 Å². The molecule has 1 aromatic carbocycles. The van der Waals surface area contributed by atoms with Gasteiger partial charge in [0.25, 0.3) is 5.91 Å². The van der Waals surface area contributed by atoms with E-state index in [0.29, 0.717) is 17.9 Å². The van der Waals surface area contributed by atoms with Crippen molar-refractivity contribution in [3.63, 3.8) is 0 Å². The molecule has 2 aliphatic rings. The number of amides is 1. The second-order valence-corrected chi connectivity index (χ2v) is 8.25. The van der Waals surface area contributed by atoms with E-state index in [1.54, 1.807) is 24.2 Å². The van der Waals surface area contributed by atoms with Gasteiger partial charge in [-0.05, 0) is 50.3 Å². The predicted octanol–water partition coefficient (Wildman–Crippen LogP) is 3.10. The van der Waals surface area contributed by atoms with Crippen LogP contribution in [0.5, 0.6) is 5.75 Å². The summed E-state index contributed by atoms with van der Waals surface area (Å²) in [5.74, 6) is 1.54. The molecule has 7 heteroatoms. The Morgan fingerprint density at radius 2 is 2.07 bits per heavy atom. The zero-order chi connectivity index (χ0) is 20.7. The van der Waals surface area contributed by atoms with Crippen LogP contribution in [0.15, 0.2) is 42.9 Å². The van der Waals surface area contributed by atoms with Crippen LogP contribution in [0.1, 0.15) is 46.7 Å². The Kier molecular flexibility index (Phi) is 4.53. The number of hydrogen-bond acceptors (Lipinski definition) is 5. The minimum absolute atomic E-state index is 0.0226. The van der Waals surface area contributed by atoms with Crippen molar-refractivity contribution in [2.24, 2.45) is 0 Å². The van der Waals surface area contributed by atoms with Gasteiger partial charge in [-0.1, -0.05) is 12.1 Å². The van der Waals surface area contributed by atoms with Crippen LogP contribution in [0.3, 0.4) is 0 Å². The molecule has 0 N–H and O–H groups in total. The first-order chi connectivity index (χ1) is 14.6. The fourth-order valence-corrected chi connectivity index (χ4v) is 4.90. The van der Waals surface area contributed by atoms with E-state index in [9.17, 15) is 4.79 Å². The highest BCUT2D eigenvalue weighted by molar-refractivity contribution is 5.94. The third kappa shape index (κ3) is 3.05. The SMILES string of the molecule is COc1ccccc1-n1cc(C(=O)N2CCCC3(CCc4cnc(C)nc43)C2)cn1. The van der Waals surface area contributed by atoms with Gasteiger partial charge in [-0.2, -0.15) is 5.10 Å². The summed E-state index contributed by atoms with van der Waals surface area (Å²) in [5, 5.41) is 4.42. The van der Waals surface area contributed by atoms with Crippen molar-refractivity contribution in [2.45, 2.75) is 38.0 Å². The summed E-state index contributed by atoms with van der Waals surface area (Å²) in [6, 6.07) is 7.65. The molecule has 3 aromatic rings. The molecule has 1 amide bonds. The Bertz CT molecular complexity index is 1100. The van der Waals surface area contributed by atoms with Gasteiger partial charge in [-0.15, -0.1) is 0 Å². The molecule has 0 bridgehead atoms. The largest absolute Gasteiger partial charge is 0.494 e. The molecule has 5 rings (SSSR count). The summed E-state index contributed by atoms with van der Waals surface area (Å²) in [6.07, 6.45) is 9.47. The third-order valence-electron chi connectivity index (χ3n) is 6.39. The highest BCUT2D eigenvalue weighted by Gasteiger charge is 2.44. The van der Waals surface area contributed by atoms with Crippen molar-refractivity contribution in [3.8, 4) is 11.4 Å². The summed E-state index contributed by atoms with van der Waals surface area (Å²) in [7, 11) is 1.63. The minimum Gasteiger partial charge on any atom is -0.494 e. The second kappa shape index (κ2) is 7.23. The standard InChI is InChI=1S/C23H25N5O2/c1-16-24-12-17-8-10-23(21(17)26-16)9-5-11-27(15-23)22(29)18-13-25-28(14-18)19-6-3-4-7-20(19)30-2/h3-4,6-7,12-14H,5,8-11,15H2,1-2H3. The Labute approximate surface area is 175 Å². The quantitative estimate of drug-likeness (QED) is 0.672. The van der Waals surface area contributed by atoms with Crippen molar-refractivity contribution in [3.05, 3.63) is 65.5 Å². The molecule has 1 spiro atoms. The number of aromatic nitrogens is 4. The molecule has 0 radical (unpaired) electrons. The lowest BCUT2D eigenvalue weighted by Crippen LogP contribution is -2.48. The summed E-state index contributed by atoms with van der Waals surface area (Å²) < 4.78 is 7.13. The lowest BCUT2D eigenvalue weighted by atomic mass is 9.77. The van der Waals surface area contributed by atoms with E-state index in [-0.39, 0.29) is 11.3 Å². The average molecular weight is 403 g/mol. The van der Waals surface area contributed by atoms with Crippen LogP contribution >= 0.6 is 0 Å². The summed E-state index contributed by atoms with van der Waals surface area (Å²) in [6.45, 7) is 3.40. The molecule has 0 saturated carbocycles. The summed E-state index contributed by atoms with van der Waals surface area (Å²) in [5.41, 5.74) is 3.74. The maximum atomic E-state index is 13.3. The van der Waals surface area contributed by atoms with E-state index in [1.165, 1.54) is 5.56 Å². The van der Waals surface area contributed by atoms with Gasteiger partial charge in [0.2, 0.25) is 0 Å². The zero-order valence-corrected chi connectivity index (χ0v) is 17.3. The van der Waals surface area contributed by atoms with Crippen LogP contribution in [0.25, 0.3) is 5.69 Å². The highest BCUT2D eigenvalue weighted by Crippen LogP contribution is 2.44. The number of para-hydroxylation sites is 2. The first-order valence-corrected chi connectivity index (χ1v) is 10.4. The molecule has 1 atom stereocenters. The maximum absolute atomic E-state index is 13.3.